The monoisotopic (exact) mass is 363 g/mol. The molecular formula is C20H17N3O2S. The van der Waals surface area contributed by atoms with Crippen molar-refractivity contribution in [3.8, 4) is 22.9 Å². The first kappa shape index (κ1) is 17.8. The van der Waals surface area contributed by atoms with Gasteiger partial charge in [-0.1, -0.05) is 12.1 Å². The van der Waals surface area contributed by atoms with E-state index < -0.39 is 0 Å². The average Bonchev–Trinajstić information content (AvgIpc) is 2.66. The van der Waals surface area contributed by atoms with E-state index in [0.29, 0.717) is 17.0 Å². The summed E-state index contributed by atoms with van der Waals surface area (Å²) in [5.74, 6) is 1.43. The second-order valence-electron chi connectivity index (χ2n) is 5.67. The number of nitrogens with one attached hydrogen (secondary N) is 1. The number of aryl methyl sites for hydroxylation is 1. The lowest BCUT2D eigenvalue weighted by atomic mass is 9.99. The molecule has 5 nitrogen and oxygen atoms in total. The van der Waals surface area contributed by atoms with Gasteiger partial charge in [-0.2, -0.15) is 5.26 Å². The molecule has 2 heterocycles. The molecule has 0 aliphatic rings. The van der Waals surface area contributed by atoms with Crippen LogP contribution in [0.15, 0.2) is 58.5 Å². The van der Waals surface area contributed by atoms with Gasteiger partial charge in [-0.3, -0.25) is 4.79 Å². The second-order valence-corrected chi connectivity index (χ2v) is 6.66. The maximum atomic E-state index is 12.1. The van der Waals surface area contributed by atoms with Gasteiger partial charge in [0.1, 0.15) is 17.4 Å². The van der Waals surface area contributed by atoms with Crippen LogP contribution in [0.5, 0.6) is 5.75 Å². The van der Waals surface area contributed by atoms with Crippen molar-refractivity contribution in [2.75, 3.05) is 7.11 Å². The lowest BCUT2D eigenvalue weighted by molar-refractivity contribution is 0.411. The average molecular weight is 363 g/mol. The number of methoxy groups -OCH3 is 1. The smallest absolute Gasteiger partial charge is 0.266 e. The van der Waals surface area contributed by atoms with E-state index in [2.05, 4.69) is 9.97 Å². The summed E-state index contributed by atoms with van der Waals surface area (Å²) in [5.41, 5.74) is 2.87. The Balaban J connectivity index is 2.01. The van der Waals surface area contributed by atoms with Crippen molar-refractivity contribution in [3.05, 3.63) is 75.8 Å². The minimum atomic E-state index is -0.372. The summed E-state index contributed by atoms with van der Waals surface area (Å²) >= 11 is 1.60. The molecular weight excluding hydrogens is 346 g/mol. The fraction of sp³-hybridized carbons (Fsp3) is 0.150. The highest BCUT2D eigenvalue weighted by molar-refractivity contribution is 7.98. The highest BCUT2D eigenvalue weighted by Crippen LogP contribution is 2.32. The van der Waals surface area contributed by atoms with Crippen molar-refractivity contribution in [1.29, 1.82) is 5.26 Å². The van der Waals surface area contributed by atoms with Crippen LogP contribution in [0.25, 0.3) is 11.1 Å². The van der Waals surface area contributed by atoms with E-state index in [4.69, 9.17) is 4.74 Å². The van der Waals surface area contributed by atoms with Crippen LogP contribution in [-0.4, -0.2) is 17.1 Å². The molecule has 0 atom stereocenters. The van der Waals surface area contributed by atoms with E-state index in [9.17, 15) is 10.1 Å². The largest absolute Gasteiger partial charge is 0.496 e. The third-order valence-electron chi connectivity index (χ3n) is 3.88. The lowest BCUT2D eigenvalue weighted by Crippen LogP contribution is -2.12. The minimum Gasteiger partial charge on any atom is -0.496 e. The third-order valence-corrected chi connectivity index (χ3v) is 4.88. The van der Waals surface area contributed by atoms with Crippen LogP contribution in [0.3, 0.4) is 0 Å². The highest BCUT2D eigenvalue weighted by atomic mass is 32.2. The zero-order valence-electron chi connectivity index (χ0n) is 14.4. The van der Waals surface area contributed by atoms with Gasteiger partial charge in [-0.25, -0.2) is 4.98 Å². The molecule has 130 valence electrons. The Hall–Kier alpha value is -3.04. The maximum absolute atomic E-state index is 12.1. The van der Waals surface area contributed by atoms with Crippen molar-refractivity contribution in [2.45, 2.75) is 17.7 Å². The first-order valence-corrected chi connectivity index (χ1v) is 8.96. The predicted molar refractivity (Wildman–Crippen MR) is 102 cm³/mol. The van der Waals surface area contributed by atoms with E-state index in [-0.39, 0.29) is 11.1 Å². The summed E-state index contributed by atoms with van der Waals surface area (Å²) in [4.78, 5) is 19.1. The van der Waals surface area contributed by atoms with Gasteiger partial charge in [0.15, 0.2) is 0 Å². The molecule has 2 aromatic heterocycles. The van der Waals surface area contributed by atoms with E-state index >= 15 is 0 Å². The Labute approximate surface area is 155 Å². The van der Waals surface area contributed by atoms with Gasteiger partial charge in [0, 0.05) is 28.8 Å². The van der Waals surface area contributed by atoms with E-state index in [0.717, 1.165) is 21.9 Å². The zero-order chi connectivity index (χ0) is 18.5. The second kappa shape index (κ2) is 7.89. The first-order valence-electron chi connectivity index (χ1n) is 7.97. The number of nitriles is 1. The van der Waals surface area contributed by atoms with E-state index in [1.165, 1.54) is 0 Å². The number of hydrogen-bond donors (Lipinski definition) is 1. The quantitative estimate of drug-likeness (QED) is 0.695. The predicted octanol–water partition coefficient (Wildman–Crippen LogP) is 3.92. The Morgan fingerprint density at radius 1 is 1.27 bits per heavy atom. The number of aromatic amines is 1. The Morgan fingerprint density at radius 3 is 2.81 bits per heavy atom. The summed E-state index contributed by atoms with van der Waals surface area (Å²) in [6.07, 6.45) is 1.76. The maximum Gasteiger partial charge on any atom is 0.266 e. The Kier molecular flexibility index (Phi) is 5.40. The van der Waals surface area contributed by atoms with Gasteiger partial charge < -0.3 is 9.72 Å². The summed E-state index contributed by atoms with van der Waals surface area (Å²) in [7, 11) is 1.63. The van der Waals surface area contributed by atoms with Gasteiger partial charge in [-0.05, 0) is 42.8 Å². The number of aromatic nitrogens is 2. The normalized spacial score (nSPS) is 10.3. The summed E-state index contributed by atoms with van der Waals surface area (Å²) in [6.45, 7) is 1.80. The molecule has 26 heavy (non-hydrogen) atoms. The lowest BCUT2D eigenvalue weighted by Gasteiger charge is -2.12. The van der Waals surface area contributed by atoms with Crippen molar-refractivity contribution in [2.24, 2.45) is 0 Å². The molecule has 0 fully saturated rings. The molecule has 1 N–H and O–H groups in total. The Bertz CT molecular complexity index is 1020. The van der Waals surface area contributed by atoms with Crippen molar-refractivity contribution >= 4 is 11.8 Å². The molecule has 0 saturated heterocycles. The standard InChI is InChI=1S/C20H17N3O2S/c1-13-9-16(17(11-21)20(24)23-13)14-6-7-18(25-2)15(10-14)12-26-19-5-3-4-8-22-19/h3-10H,12H2,1-2H3,(H,23,24). The fourth-order valence-corrected chi connectivity index (χ4v) is 3.51. The van der Waals surface area contributed by atoms with Gasteiger partial charge in [0.05, 0.1) is 12.1 Å². The Morgan fingerprint density at radius 2 is 2.12 bits per heavy atom. The number of benzene rings is 1. The zero-order valence-corrected chi connectivity index (χ0v) is 15.3. The van der Waals surface area contributed by atoms with Crippen LogP contribution < -0.4 is 10.3 Å². The summed E-state index contributed by atoms with van der Waals surface area (Å²) < 4.78 is 5.46. The van der Waals surface area contributed by atoms with Crippen molar-refractivity contribution in [3.63, 3.8) is 0 Å². The molecule has 6 heteroatoms. The number of ether oxygens (including phenoxy) is 1. The minimum absolute atomic E-state index is 0.115. The van der Waals surface area contributed by atoms with Crippen LogP contribution in [0.4, 0.5) is 0 Å². The molecule has 0 bridgehead atoms. The molecule has 0 aliphatic heterocycles. The molecule has 0 spiro atoms. The van der Waals surface area contributed by atoms with Crippen molar-refractivity contribution < 1.29 is 4.74 Å². The van der Waals surface area contributed by atoms with Crippen molar-refractivity contribution in [1.82, 2.24) is 9.97 Å². The van der Waals surface area contributed by atoms with Gasteiger partial charge >= 0.3 is 0 Å². The highest BCUT2D eigenvalue weighted by Gasteiger charge is 2.13. The van der Waals surface area contributed by atoms with Crippen LogP contribution >= 0.6 is 11.8 Å². The summed E-state index contributed by atoms with van der Waals surface area (Å²) in [6, 6.07) is 15.3. The SMILES string of the molecule is COc1ccc(-c2cc(C)[nH]c(=O)c2C#N)cc1CSc1ccccn1. The van der Waals surface area contributed by atoms with Crippen LogP contribution in [0.2, 0.25) is 0 Å². The number of rotatable bonds is 5. The number of nitrogens with zero attached hydrogens (tertiary/aromatic N) is 2. The molecule has 0 radical (unpaired) electrons. The van der Waals surface area contributed by atoms with E-state index in [1.807, 2.05) is 48.5 Å². The molecule has 3 rings (SSSR count). The number of hydrogen-bond acceptors (Lipinski definition) is 5. The molecule has 0 unspecified atom stereocenters. The van der Waals surface area contributed by atoms with Crippen LogP contribution in [0.1, 0.15) is 16.8 Å². The van der Waals surface area contributed by atoms with E-state index in [1.54, 1.807) is 32.0 Å². The number of pyridine rings is 2. The third kappa shape index (κ3) is 3.79. The molecule has 3 aromatic rings. The molecule has 0 amide bonds. The molecule has 0 aliphatic carbocycles. The van der Waals surface area contributed by atoms with Gasteiger partial charge in [0.2, 0.25) is 0 Å². The number of thioether (sulfide) groups is 1. The van der Waals surface area contributed by atoms with Gasteiger partial charge in [-0.15, -0.1) is 11.8 Å². The van der Waals surface area contributed by atoms with Crippen LogP contribution in [0, 0.1) is 18.3 Å². The van der Waals surface area contributed by atoms with Crippen LogP contribution in [-0.2, 0) is 5.75 Å². The summed E-state index contributed by atoms with van der Waals surface area (Å²) in [5, 5.41) is 10.3. The first-order chi connectivity index (χ1) is 12.6. The molecule has 1 aromatic carbocycles. The topological polar surface area (TPSA) is 78.8 Å². The fourth-order valence-electron chi connectivity index (χ4n) is 2.67. The molecule has 0 saturated carbocycles. The number of H-pyrrole nitrogens is 1. The van der Waals surface area contributed by atoms with Gasteiger partial charge in [0.25, 0.3) is 5.56 Å².